The van der Waals surface area contributed by atoms with Crippen LogP contribution in [0.3, 0.4) is 0 Å². The first-order chi connectivity index (χ1) is 9.48. The van der Waals surface area contributed by atoms with Gasteiger partial charge in [-0.15, -0.1) is 5.54 Å². The molecule has 1 aromatic carbocycles. The Kier molecular flexibility index (Phi) is 4.21. The Morgan fingerprint density at radius 1 is 1.00 bits per heavy atom. The number of benzene rings is 1. The molecule has 2 aromatic rings. The molecule has 102 valence electrons. The number of methoxy groups -OCH3 is 1. The van der Waals surface area contributed by atoms with Gasteiger partial charge in [0.1, 0.15) is 19.5 Å². The summed E-state index contributed by atoms with van der Waals surface area (Å²) in [4.78, 5) is 8.77. The fourth-order valence-corrected chi connectivity index (χ4v) is 2.06. The molecule has 0 N–H and O–H groups in total. The van der Waals surface area contributed by atoms with Crippen molar-refractivity contribution in [2.24, 2.45) is 0 Å². The minimum atomic E-state index is -1.37. The average molecular weight is 282 g/mol. The zero-order valence-electron chi connectivity index (χ0n) is 12.3. The van der Waals surface area contributed by atoms with E-state index in [1.165, 1.54) is 0 Å². The van der Waals surface area contributed by atoms with Crippen molar-refractivity contribution in [1.82, 2.24) is 9.97 Å². The molecular formula is C16H18N2OSi. The van der Waals surface area contributed by atoms with Crippen LogP contribution in [0.5, 0.6) is 5.75 Å². The van der Waals surface area contributed by atoms with Gasteiger partial charge in [-0.25, -0.2) is 4.98 Å². The first kappa shape index (κ1) is 14.3. The van der Waals surface area contributed by atoms with Crippen LogP contribution in [0.2, 0.25) is 19.6 Å². The van der Waals surface area contributed by atoms with Crippen LogP contribution in [0, 0.1) is 11.5 Å². The van der Waals surface area contributed by atoms with E-state index in [0.29, 0.717) is 0 Å². The van der Waals surface area contributed by atoms with Crippen molar-refractivity contribution in [3.63, 3.8) is 0 Å². The number of ether oxygens (including phenoxy) is 1. The summed E-state index contributed by atoms with van der Waals surface area (Å²) in [6.45, 7) is 6.62. The minimum absolute atomic E-state index is 0.727. The first-order valence-corrected chi connectivity index (χ1v) is 9.97. The van der Waals surface area contributed by atoms with Crippen LogP contribution >= 0.6 is 0 Å². The SMILES string of the molecule is COc1ccc(-c2cnc(C#C[Si](C)(C)C)cn2)cc1. The van der Waals surface area contributed by atoms with Crippen molar-refractivity contribution >= 4 is 8.07 Å². The summed E-state index contributed by atoms with van der Waals surface area (Å²) in [5, 5.41) is 0. The van der Waals surface area contributed by atoms with E-state index in [0.717, 1.165) is 22.7 Å². The Morgan fingerprint density at radius 2 is 1.70 bits per heavy atom. The van der Waals surface area contributed by atoms with Crippen molar-refractivity contribution in [1.29, 1.82) is 0 Å². The van der Waals surface area contributed by atoms with Crippen LogP contribution in [0.25, 0.3) is 11.3 Å². The number of hydrogen-bond donors (Lipinski definition) is 0. The van der Waals surface area contributed by atoms with E-state index in [1.54, 1.807) is 19.5 Å². The van der Waals surface area contributed by atoms with Gasteiger partial charge in [0, 0.05) is 5.56 Å². The summed E-state index contributed by atoms with van der Waals surface area (Å²) < 4.78 is 5.14. The molecule has 0 bridgehead atoms. The zero-order chi connectivity index (χ0) is 14.6. The van der Waals surface area contributed by atoms with Gasteiger partial charge >= 0.3 is 0 Å². The molecule has 3 nitrogen and oxygen atoms in total. The van der Waals surface area contributed by atoms with Crippen molar-refractivity contribution in [2.45, 2.75) is 19.6 Å². The molecule has 1 heterocycles. The predicted molar refractivity (Wildman–Crippen MR) is 84.2 cm³/mol. The van der Waals surface area contributed by atoms with Gasteiger partial charge in [-0.3, -0.25) is 4.98 Å². The van der Waals surface area contributed by atoms with Crippen LogP contribution in [-0.2, 0) is 0 Å². The number of rotatable bonds is 2. The number of hydrogen-bond acceptors (Lipinski definition) is 3. The number of nitrogens with zero attached hydrogens (tertiary/aromatic N) is 2. The van der Waals surface area contributed by atoms with Crippen LogP contribution in [0.15, 0.2) is 36.7 Å². The zero-order valence-corrected chi connectivity index (χ0v) is 13.3. The molecule has 0 atom stereocenters. The van der Waals surface area contributed by atoms with E-state index in [-0.39, 0.29) is 0 Å². The lowest BCUT2D eigenvalue weighted by molar-refractivity contribution is 0.415. The second kappa shape index (κ2) is 5.89. The summed E-state index contributed by atoms with van der Waals surface area (Å²) in [6, 6.07) is 7.76. The highest BCUT2D eigenvalue weighted by Crippen LogP contribution is 2.19. The molecule has 0 saturated heterocycles. The van der Waals surface area contributed by atoms with Gasteiger partial charge < -0.3 is 4.74 Å². The van der Waals surface area contributed by atoms with Crippen LogP contribution in [-0.4, -0.2) is 25.2 Å². The van der Waals surface area contributed by atoms with Gasteiger partial charge in [-0.2, -0.15) is 0 Å². The third-order valence-electron chi connectivity index (χ3n) is 2.60. The Balaban J connectivity index is 2.20. The minimum Gasteiger partial charge on any atom is -0.497 e. The van der Waals surface area contributed by atoms with Crippen LogP contribution in [0.1, 0.15) is 5.69 Å². The quantitative estimate of drug-likeness (QED) is 0.625. The third-order valence-corrected chi connectivity index (χ3v) is 3.48. The molecule has 0 radical (unpaired) electrons. The van der Waals surface area contributed by atoms with E-state index in [9.17, 15) is 0 Å². The molecular weight excluding hydrogens is 264 g/mol. The topological polar surface area (TPSA) is 35.0 Å². The molecule has 0 aliphatic rings. The Hall–Kier alpha value is -2.12. The highest BCUT2D eigenvalue weighted by molar-refractivity contribution is 6.83. The molecule has 0 amide bonds. The normalized spacial score (nSPS) is 10.6. The predicted octanol–water partition coefficient (Wildman–Crippen LogP) is 3.38. The molecule has 0 aliphatic heterocycles. The van der Waals surface area contributed by atoms with Gasteiger partial charge in [0.2, 0.25) is 0 Å². The van der Waals surface area contributed by atoms with Gasteiger partial charge in [0.05, 0.1) is 25.2 Å². The lowest BCUT2D eigenvalue weighted by Crippen LogP contribution is -2.16. The summed E-state index contributed by atoms with van der Waals surface area (Å²) in [6.07, 6.45) is 3.49. The Morgan fingerprint density at radius 3 is 2.20 bits per heavy atom. The van der Waals surface area contributed by atoms with Crippen molar-refractivity contribution in [3.05, 3.63) is 42.4 Å². The Labute approximate surface area is 121 Å². The Bertz CT molecular complexity index is 631. The van der Waals surface area contributed by atoms with Gasteiger partial charge in [-0.1, -0.05) is 25.6 Å². The third kappa shape index (κ3) is 3.94. The fraction of sp³-hybridized carbons (Fsp3) is 0.250. The largest absolute Gasteiger partial charge is 0.497 e. The van der Waals surface area contributed by atoms with Gasteiger partial charge in [0.15, 0.2) is 0 Å². The van der Waals surface area contributed by atoms with E-state index in [2.05, 4.69) is 41.1 Å². The maximum Gasteiger partial charge on any atom is 0.130 e. The molecule has 2 rings (SSSR count). The smallest absolute Gasteiger partial charge is 0.130 e. The first-order valence-electron chi connectivity index (χ1n) is 6.47. The molecule has 4 heteroatoms. The second-order valence-electron chi connectivity index (χ2n) is 5.52. The molecule has 20 heavy (non-hydrogen) atoms. The number of aromatic nitrogens is 2. The summed E-state index contributed by atoms with van der Waals surface area (Å²) in [5.41, 5.74) is 5.86. The highest BCUT2D eigenvalue weighted by atomic mass is 28.3. The van der Waals surface area contributed by atoms with E-state index in [1.807, 2.05) is 24.3 Å². The van der Waals surface area contributed by atoms with Gasteiger partial charge in [-0.05, 0) is 24.3 Å². The monoisotopic (exact) mass is 282 g/mol. The van der Waals surface area contributed by atoms with E-state index < -0.39 is 8.07 Å². The summed E-state index contributed by atoms with van der Waals surface area (Å²) in [5.74, 6) is 3.93. The fourth-order valence-electron chi connectivity index (χ4n) is 1.55. The molecule has 0 fully saturated rings. The summed E-state index contributed by atoms with van der Waals surface area (Å²) >= 11 is 0. The summed E-state index contributed by atoms with van der Waals surface area (Å²) in [7, 11) is 0.283. The van der Waals surface area contributed by atoms with Crippen molar-refractivity contribution in [3.8, 4) is 28.5 Å². The lowest BCUT2D eigenvalue weighted by atomic mass is 10.1. The second-order valence-corrected chi connectivity index (χ2v) is 10.3. The van der Waals surface area contributed by atoms with E-state index in [4.69, 9.17) is 4.74 Å². The van der Waals surface area contributed by atoms with Crippen LogP contribution in [0.4, 0.5) is 0 Å². The lowest BCUT2D eigenvalue weighted by Gasteiger charge is -2.04. The molecule has 0 spiro atoms. The van der Waals surface area contributed by atoms with Crippen molar-refractivity contribution < 1.29 is 4.74 Å². The van der Waals surface area contributed by atoms with Crippen LogP contribution < -0.4 is 4.74 Å². The van der Waals surface area contributed by atoms with Gasteiger partial charge in [0.25, 0.3) is 0 Å². The van der Waals surface area contributed by atoms with Crippen molar-refractivity contribution in [2.75, 3.05) is 7.11 Å². The average Bonchev–Trinajstić information content (AvgIpc) is 2.45. The molecule has 0 unspecified atom stereocenters. The maximum atomic E-state index is 5.14. The standard InChI is InChI=1S/C16H18N2OSi/c1-19-15-7-5-13(6-8-15)16-12-17-14(11-18-16)9-10-20(2,3)4/h5-8,11-12H,1-4H3. The molecule has 1 aromatic heterocycles. The molecule has 0 aliphatic carbocycles. The van der Waals surface area contributed by atoms with E-state index >= 15 is 0 Å². The maximum absolute atomic E-state index is 5.14. The highest BCUT2D eigenvalue weighted by Gasteiger charge is 2.07. The molecule has 0 saturated carbocycles.